The molecule has 1 aromatic carbocycles. The quantitative estimate of drug-likeness (QED) is 0.892. The predicted octanol–water partition coefficient (Wildman–Crippen LogP) is 3.73. The average Bonchev–Trinajstić information content (AvgIpc) is 2.52. The third-order valence-corrected chi connectivity index (χ3v) is 4.90. The highest BCUT2D eigenvalue weighted by molar-refractivity contribution is 6.02. The molecule has 5 heteroatoms. The van der Waals surface area contributed by atoms with Crippen LogP contribution in [0.25, 0.3) is 0 Å². The van der Waals surface area contributed by atoms with Gasteiger partial charge in [0.2, 0.25) is 5.91 Å². The van der Waals surface area contributed by atoms with Crippen molar-refractivity contribution in [2.45, 2.75) is 59.0 Å². The van der Waals surface area contributed by atoms with Crippen molar-refractivity contribution in [2.24, 2.45) is 5.41 Å². The van der Waals surface area contributed by atoms with Gasteiger partial charge in [0.05, 0.1) is 13.2 Å². The molecular weight excluding hydrogens is 330 g/mol. The van der Waals surface area contributed by atoms with Crippen molar-refractivity contribution in [3.05, 3.63) is 35.0 Å². The number of methoxy groups -OCH3 is 1. The number of benzene rings is 1. The van der Waals surface area contributed by atoms with Gasteiger partial charge in [-0.25, -0.2) is 0 Å². The number of nitrogens with one attached hydrogen (secondary N) is 1. The van der Waals surface area contributed by atoms with Crippen LogP contribution in [0.3, 0.4) is 0 Å². The van der Waals surface area contributed by atoms with E-state index in [9.17, 15) is 9.59 Å². The van der Waals surface area contributed by atoms with E-state index in [0.29, 0.717) is 24.3 Å². The summed E-state index contributed by atoms with van der Waals surface area (Å²) < 4.78 is 11.2. The Labute approximate surface area is 154 Å². The molecule has 0 fully saturated rings. The van der Waals surface area contributed by atoms with Gasteiger partial charge in [-0.1, -0.05) is 19.9 Å². The molecule has 0 unspecified atom stereocenters. The zero-order valence-electron chi connectivity index (χ0n) is 16.1. The van der Waals surface area contributed by atoms with Crippen LogP contribution in [-0.4, -0.2) is 24.9 Å². The maximum Gasteiger partial charge on any atom is 0.225 e. The van der Waals surface area contributed by atoms with E-state index in [2.05, 4.69) is 19.2 Å². The van der Waals surface area contributed by atoms with Gasteiger partial charge in [0, 0.05) is 30.0 Å². The fourth-order valence-electron chi connectivity index (χ4n) is 3.89. The first kappa shape index (κ1) is 18.5. The largest absolute Gasteiger partial charge is 0.493 e. The molecule has 0 saturated carbocycles. The Morgan fingerprint density at radius 3 is 2.54 bits per heavy atom. The van der Waals surface area contributed by atoms with E-state index < -0.39 is 0 Å². The molecule has 1 aliphatic carbocycles. The lowest BCUT2D eigenvalue weighted by molar-refractivity contribution is -0.122. The highest BCUT2D eigenvalue weighted by Gasteiger charge is 2.40. The maximum absolute atomic E-state index is 12.8. The van der Waals surface area contributed by atoms with Gasteiger partial charge in [0.1, 0.15) is 0 Å². The number of hydrogen-bond acceptors (Lipinski definition) is 4. The Kier molecular flexibility index (Phi) is 4.82. The molecule has 1 heterocycles. The topological polar surface area (TPSA) is 64.6 Å². The van der Waals surface area contributed by atoms with Crippen LogP contribution in [0.4, 0.5) is 0 Å². The SMILES string of the molecule is COc1cc([C@@H]2CC(=O)NC3=C2C(=O)CC(C)(C)C3)ccc1OC(C)C. The van der Waals surface area contributed by atoms with Crippen LogP contribution in [0.2, 0.25) is 0 Å². The number of ether oxygens (including phenoxy) is 2. The van der Waals surface area contributed by atoms with Crippen LogP contribution >= 0.6 is 0 Å². The highest BCUT2D eigenvalue weighted by atomic mass is 16.5. The highest BCUT2D eigenvalue weighted by Crippen LogP contribution is 2.45. The summed E-state index contributed by atoms with van der Waals surface area (Å²) in [5, 5.41) is 2.93. The molecule has 1 aromatic rings. The van der Waals surface area contributed by atoms with Crippen LogP contribution in [0.1, 0.15) is 58.4 Å². The van der Waals surface area contributed by atoms with Gasteiger partial charge < -0.3 is 14.8 Å². The molecule has 0 radical (unpaired) electrons. The number of ketones is 1. The van der Waals surface area contributed by atoms with Crippen LogP contribution in [-0.2, 0) is 9.59 Å². The van der Waals surface area contributed by atoms with E-state index in [1.165, 1.54) is 0 Å². The maximum atomic E-state index is 12.8. The van der Waals surface area contributed by atoms with Gasteiger partial charge in [-0.2, -0.15) is 0 Å². The van der Waals surface area contributed by atoms with E-state index in [-0.39, 0.29) is 35.5 Å². The average molecular weight is 357 g/mol. The lowest BCUT2D eigenvalue weighted by Gasteiger charge is -2.37. The zero-order chi connectivity index (χ0) is 19.1. The van der Waals surface area contributed by atoms with E-state index in [1.54, 1.807) is 7.11 Å². The van der Waals surface area contributed by atoms with Crippen molar-refractivity contribution >= 4 is 11.7 Å². The van der Waals surface area contributed by atoms with Crippen molar-refractivity contribution in [2.75, 3.05) is 7.11 Å². The second-order valence-electron chi connectivity index (χ2n) is 8.21. The number of rotatable bonds is 4. The normalized spacial score (nSPS) is 22.2. The second kappa shape index (κ2) is 6.78. The molecule has 3 rings (SSSR count). The minimum atomic E-state index is -0.232. The van der Waals surface area contributed by atoms with Crippen LogP contribution in [0, 0.1) is 5.41 Å². The first-order valence-corrected chi connectivity index (χ1v) is 9.11. The molecule has 0 bridgehead atoms. The first-order chi connectivity index (χ1) is 12.2. The number of allylic oxidation sites excluding steroid dienone is 2. The number of amides is 1. The molecule has 0 saturated heterocycles. The van der Waals surface area contributed by atoms with Crippen LogP contribution < -0.4 is 14.8 Å². The molecule has 2 aliphatic rings. The molecule has 0 spiro atoms. The third kappa shape index (κ3) is 3.62. The molecule has 140 valence electrons. The lowest BCUT2D eigenvalue weighted by Crippen LogP contribution is -2.40. The molecular formula is C21H27NO4. The Hall–Kier alpha value is -2.30. The van der Waals surface area contributed by atoms with Gasteiger partial charge in [-0.15, -0.1) is 0 Å². The Morgan fingerprint density at radius 1 is 1.15 bits per heavy atom. The number of carbonyl (C=O) groups excluding carboxylic acids is 2. The summed E-state index contributed by atoms with van der Waals surface area (Å²) in [5.41, 5.74) is 2.32. The van der Waals surface area contributed by atoms with E-state index in [4.69, 9.17) is 9.47 Å². The smallest absolute Gasteiger partial charge is 0.225 e. The van der Waals surface area contributed by atoms with E-state index in [0.717, 1.165) is 16.8 Å². The summed E-state index contributed by atoms with van der Waals surface area (Å²) >= 11 is 0. The van der Waals surface area contributed by atoms with Crippen molar-refractivity contribution in [3.8, 4) is 11.5 Å². The lowest BCUT2D eigenvalue weighted by atomic mass is 9.70. The summed E-state index contributed by atoms with van der Waals surface area (Å²) in [6.45, 7) is 8.04. The Bertz CT molecular complexity index is 776. The van der Waals surface area contributed by atoms with E-state index in [1.807, 2.05) is 32.0 Å². The first-order valence-electron chi connectivity index (χ1n) is 9.11. The van der Waals surface area contributed by atoms with Crippen molar-refractivity contribution in [3.63, 3.8) is 0 Å². The molecule has 1 amide bonds. The van der Waals surface area contributed by atoms with Gasteiger partial charge >= 0.3 is 0 Å². The summed E-state index contributed by atoms with van der Waals surface area (Å²) in [5.74, 6) is 1.14. The van der Waals surface area contributed by atoms with E-state index >= 15 is 0 Å². The van der Waals surface area contributed by atoms with Crippen molar-refractivity contribution in [1.82, 2.24) is 5.32 Å². The molecule has 0 aromatic heterocycles. The van der Waals surface area contributed by atoms with Gasteiger partial charge in [0.15, 0.2) is 17.3 Å². The van der Waals surface area contributed by atoms with Crippen molar-refractivity contribution < 1.29 is 19.1 Å². The minimum Gasteiger partial charge on any atom is -0.493 e. The monoisotopic (exact) mass is 357 g/mol. The third-order valence-electron chi connectivity index (χ3n) is 4.90. The van der Waals surface area contributed by atoms with Crippen LogP contribution in [0.15, 0.2) is 29.5 Å². The Balaban J connectivity index is 2.02. The molecule has 1 atom stereocenters. The number of Topliss-reactive ketones (excluding diaryl/α,β-unsaturated/α-hetero) is 1. The van der Waals surface area contributed by atoms with Crippen molar-refractivity contribution in [1.29, 1.82) is 0 Å². The van der Waals surface area contributed by atoms with Gasteiger partial charge in [-0.3, -0.25) is 9.59 Å². The van der Waals surface area contributed by atoms with Gasteiger partial charge in [0.25, 0.3) is 0 Å². The Morgan fingerprint density at radius 2 is 1.88 bits per heavy atom. The second-order valence-corrected chi connectivity index (χ2v) is 8.21. The number of carbonyl (C=O) groups is 2. The summed E-state index contributed by atoms with van der Waals surface area (Å²) in [6, 6.07) is 5.68. The fourth-order valence-corrected chi connectivity index (χ4v) is 3.89. The fraction of sp³-hybridized carbons (Fsp3) is 0.524. The standard InChI is InChI=1S/C21H27NO4/c1-12(2)26-17-7-6-13(8-18(17)25-5)14-9-19(24)22-15-10-21(3,4)11-16(23)20(14)15/h6-8,12,14H,9-11H2,1-5H3,(H,22,24)/t14-/m0/s1. The molecule has 1 aliphatic heterocycles. The zero-order valence-corrected chi connectivity index (χ0v) is 16.1. The number of hydrogen-bond donors (Lipinski definition) is 1. The van der Waals surface area contributed by atoms with Gasteiger partial charge in [-0.05, 0) is 43.4 Å². The summed E-state index contributed by atoms with van der Waals surface area (Å²) in [7, 11) is 1.60. The molecule has 5 nitrogen and oxygen atoms in total. The predicted molar refractivity (Wildman–Crippen MR) is 99.3 cm³/mol. The minimum absolute atomic E-state index is 0.0340. The summed E-state index contributed by atoms with van der Waals surface area (Å²) in [4.78, 5) is 25.1. The molecule has 1 N–H and O–H groups in total. The molecule has 26 heavy (non-hydrogen) atoms. The summed E-state index contributed by atoms with van der Waals surface area (Å²) in [6.07, 6.45) is 1.52. The van der Waals surface area contributed by atoms with Crippen LogP contribution in [0.5, 0.6) is 11.5 Å².